The van der Waals surface area contributed by atoms with E-state index in [1.54, 1.807) is 0 Å². The molecule has 0 radical (unpaired) electrons. The fraction of sp³-hybridized carbons (Fsp3) is 0.767. The Hall–Kier alpha value is -1.39. The fourth-order valence-electron chi connectivity index (χ4n) is 8.52. The van der Waals surface area contributed by atoms with Crippen LogP contribution in [0, 0.1) is 46.3 Å². The van der Waals surface area contributed by atoms with Gasteiger partial charge in [-0.1, -0.05) is 57.6 Å². The number of allylic oxidation sites excluding steroid dienone is 3. The van der Waals surface area contributed by atoms with E-state index in [0.29, 0.717) is 36.0 Å². The second-order valence-electron chi connectivity index (χ2n) is 12.4. The largest absolute Gasteiger partial charge is 0.458 e. The molecule has 2 N–H and O–H groups in total. The maximum atomic E-state index is 12.1. The first-order chi connectivity index (χ1) is 16.0. The quantitative estimate of drug-likeness (QED) is 0.290. The average molecular weight is 471 g/mol. The van der Waals surface area contributed by atoms with Crippen LogP contribution >= 0.6 is 0 Å². The van der Waals surface area contributed by atoms with E-state index in [1.165, 1.54) is 18.9 Å². The Kier molecular flexibility index (Phi) is 7.24. The zero-order chi connectivity index (χ0) is 24.8. The Balaban J connectivity index is 1.67. The van der Waals surface area contributed by atoms with Crippen molar-refractivity contribution in [2.24, 2.45) is 46.3 Å². The monoisotopic (exact) mass is 470 g/mol. The molecule has 3 fully saturated rings. The number of aliphatic hydroxyl groups excluding tert-OH is 2. The first-order valence-corrected chi connectivity index (χ1v) is 13.6. The highest BCUT2D eigenvalue weighted by molar-refractivity contribution is 5.66. The predicted molar refractivity (Wildman–Crippen MR) is 136 cm³/mol. The summed E-state index contributed by atoms with van der Waals surface area (Å²) in [5.74, 6) is 2.30. The van der Waals surface area contributed by atoms with Gasteiger partial charge < -0.3 is 14.9 Å². The predicted octanol–water partition coefficient (Wildman–Crippen LogP) is 5.84. The van der Waals surface area contributed by atoms with Gasteiger partial charge in [-0.15, -0.1) is 0 Å². The lowest BCUT2D eigenvalue weighted by Crippen LogP contribution is -2.57. The second kappa shape index (κ2) is 9.58. The van der Waals surface area contributed by atoms with Gasteiger partial charge in [0.25, 0.3) is 0 Å². The number of ether oxygens (including phenoxy) is 1. The van der Waals surface area contributed by atoms with Crippen LogP contribution < -0.4 is 0 Å². The Morgan fingerprint density at radius 1 is 1.21 bits per heavy atom. The van der Waals surface area contributed by atoms with Crippen molar-refractivity contribution >= 4 is 5.97 Å². The number of rotatable bonds is 6. The molecule has 190 valence electrons. The number of hydrogen-bond donors (Lipinski definition) is 2. The van der Waals surface area contributed by atoms with Crippen molar-refractivity contribution < 1.29 is 19.7 Å². The molecule has 0 bridgehead atoms. The van der Waals surface area contributed by atoms with Crippen molar-refractivity contribution in [2.45, 2.75) is 91.8 Å². The molecular formula is C30H46O4. The minimum absolute atomic E-state index is 0.128. The van der Waals surface area contributed by atoms with Crippen molar-refractivity contribution in [1.29, 1.82) is 0 Å². The SMILES string of the molecule is C=C(/C=C/[C@@H](C)[C@H]1CC[C@H]2[C@@H]3[C@@H](OC(C)=O)C=C4C[C@@H](O)CC[C@]4(CO)[C@H]3CC[C@]12C)C(C)C. The first kappa shape index (κ1) is 25.7. The summed E-state index contributed by atoms with van der Waals surface area (Å²) in [6.07, 6.45) is 12.8. The molecule has 0 heterocycles. The van der Waals surface area contributed by atoms with Crippen molar-refractivity contribution in [1.82, 2.24) is 0 Å². The van der Waals surface area contributed by atoms with Crippen LogP contribution in [0.2, 0.25) is 0 Å². The summed E-state index contributed by atoms with van der Waals surface area (Å²) in [5, 5.41) is 21.1. The summed E-state index contributed by atoms with van der Waals surface area (Å²) in [6.45, 7) is 15.1. The Morgan fingerprint density at radius 3 is 2.59 bits per heavy atom. The van der Waals surface area contributed by atoms with Gasteiger partial charge in [0.1, 0.15) is 6.10 Å². The summed E-state index contributed by atoms with van der Waals surface area (Å²) in [6, 6.07) is 0. The molecule has 0 aromatic rings. The van der Waals surface area contributed by atoms with Crippen molar-refractivity contribution in [3.63, 3.8) is 0 Å². The van der Waals surface area contributed by atoms with E-state index in [1.807, 2.05) is 0 Å². The van der Waals surface area contributed by atoms with Crippen LogP contribution in [0.4, 0.5) is 0 Å². The average Bonchev–Trinajstić information content (AvgIpc) is 3.13. The molecule has 0 aromatic carbocycles. The van der Waals surface area contributed by atoms with Crippen LogP contribution in [0.15, 0.2) is 36.0 Å². The third-order valence-corrected chi connectivity index (χ3v) is 10.5. The summed E-state index contributed by atoms with van der Waals surface area (Å²) < 4.78 is 5.98. The lowest BCUT2D eigenvalue weighted by molar-refractivity contribution is -0.161. The first-order valence-electron chi connectivity index (χ1n) is 13.6. The summed E-state index contributed by atoms with van der Waals surface area (Å²) in [4.78, 5) is 12.1. The topological polar surface area (TPSA) is 66.8 Å². The standard InChI is InChI=1S/C30H46O4/c1-18(2)19(3)7-8-20(4)24-9-10-25-28-26(12-13-29(24,25)6)30(17-31)14-11-23(33)15-22(30)16-27(28)34-21(5)32/h7-8,16,18,20,23-28,31,33H,3,9-15,17H2,1-2,4-6H3/b8-7+/t20-,23+,24-,25+,26+,27+,28+,29-,30-/m1/s1. The van der Waals surface area contributed by atoms with E-state index in [2.05, 4.69) is 52.5 Å². The molecule has 3 saturated carbocycles. The van der Waals surface area contributed by atoms with Crippen molar-refractivity contribution in [2.75, 3.05) is 6.61 Å². The highest BCUT2D eigenvalue weighted by atomic mass is 16.5. The number of aliphatic hydroxyl groups is 2. The summed E-state index contributed by atoms with van der Waals surface area (Å²) >= 11 is 0. The van der Waals surface area contributed by atoms with Crippen LogP contribution in [-0.2, 0) is 9.53 Å². The molecule has 0 unspecified atom stereocenters. The normalized spacial score (nSPS) is 42.5. The highest BCUT2D eigenvalue weighted by Gasteiger charge is 2.62. The van der Waals surface area contributed by atoms with E-state index in [-0.39, 0.29) is 41.5 Å². The van der Waals surface area contributed by atoms with E-state index >= 15 is 0 Å². The number of fused-ring (bicyclic) bond motifs is 5. The molecule has 0 spiro atoms. The third kappa shape index (κ3) is 4.23. The maximum absolute atomic E-state index is 12.1. The zero-order valence-electron chi connectivity index (χ0n) is 21.9. The van der Waals surface area contributed by atoms with E-state index in [4.69, 9.17) is 4.74 Å². The molecule has 0 aromatic heterocycles. The van der Waals surface area contributed by atoms with Crippen LogP contribution in [0.3, 0.4) is 0 Å². The Labute approximate surface area is 206 Å². The van der Waals surface area contributed by atoms with E-state index in [0.717, 1.165) is 37.7 Å². The lowest BCUT2D eigenvalue weighted by atomic mass is 9.46. The number of hydrogen-bond acceptors (Lipinski definition) is 4. The molecule has 4 aliphatic rings. The van der Waals surface area contributed by atoms with Crippen LogP contribution in [0.25, 0.3) is 0 Å². The highest BCUT2D eigenvalue weighted by Crippen LogP contribution is 2.67. The van der Waals surface area contributed by atoms with Gasteiger partial charge in [-0.2, -0.15) is 0 Å². The third-order valence-electron chi connectivity index (χ3n) is 10.5. The molecule has 0 saturated heterocycles. The van der Waals surface area contributed by atoms with Gasteiger partial charge in [-0.25, -0.2) is 0 Å². The van der Waals surface area contributed by atoms with Gasteiger partial charge in [0.2, 0.25) is 0 Å². The number of carbonyl (C=O) groups excluding carboxylic acids is 1. The molecule has 4 heteroatoms. The van der Waals surface area contributed by atoms with E-state index in [9.17, 15) is 15.0 Å². The second-order valence-corrected chi connectivity index (χ2v) is 12.4. The van der Waals surface area contributed by atoms with Crippen LogP contribution in [0.1, 0.15) is 79.6 Å². The van der Waals surface area contributed by atoms with Gasteiger partial charge in [0.15, 0.2) is 0 Å². The van der Waals surface area contributed by atoms with Gasteiger partial charge in [-0.05, 0) is 86.0 Å². The lowest BCUT2D eigenvalue weighted by Gasteiger charge is -2.60. The molecule has 0 aliphatic heterocycles. The Morgan fingerprint density at radius 2 is 1.94 bits per heavy atom. The minimum atomic E-state index is -0.363. The minimum Gasteiger partial charge on any atom is -0.458 e. The zero-order valence-corrected chi connectivity index (χ0v) is 21.9. The molecule has 34 heavy (non-hydrogen) atoms. The maximum Gasteiger partial charge on any atom is 0.303 e. The summed E-state index contributed by atoms with van der Waals surface area (Å²) in [5.41, 5.74) is 2.24. The molecule has 4 nitrogen and oxygen atoms in total. The molecule has 9 atom stereocenters. The Bertz CT molecular complexity index is 856. The van der Waals surface area contributed by atoms with Crippen molar-refractivity contribution in [3.05, 3.63) is 36.0 Å². The van der Waals surface area contributed by atoms with Crippen LogP contribution in [-0.4, -0.2) is 35.0 Å². The smallest absolute Gasteiger partial charge is 0.303 e. The van der Waals surface area contributed by atoms with Gasteiger partial charge in [-0.3, -0.25) is 4.79 Å². The molecule has 4 rings (SSSR count). The fourth-order valence-corrected chi connectivity index (χ4v) is 8.52. The van der Waals surface area contributed by atoms with Gasteiger partial charge in [0.05, 0.1) is 12.7 Å². The molecule has 4 aliphatic carbocycles. The number of carbonyl (C=O) groups is 1. The van der Waals surface area contributed by atoms with E-state index < -0.39 is 0 Å². The van der Waals surface area contributed by atoms with Gasteiger partial charge >= 0.3 is 5.97 Å². The molecule has 0 amide bonds. The molecular weight excluding hydrogens is 424 g/mol. The summed E-state index contributed by atoms with van der Waals surface area (Å²) in [7, 11) is 0. The van der Waals surface area contributed by atoms with Crippen LogP contribution in [0.5, 0.6) is 0 Å². The van der Waals surface area contributed by atoms with Crippen molar-refractivity contribution in [3.8, 4) is 0 Å². The number of esters is 1. The van der Waals surface area contributed by atoms with Gasteiger partial charge in [0, 0.05) is 18.3 Å².